The highest BCUT2D eigenvalue weighted by molar-refractivity contribution is 8.13. The summed E-state index contributed by atoms with van der Waals surface area (Å²) in [5, 5.41) is -2.96. The van der Waals surface area contributed by atoms with Crippen molar-refractivity contribution in [2.75, 3.05) is 6.61 Å². The number of alkyl halides is 14. The quantitative estimate of drug-likeness (QED) is 0.241. The summed E-state index contributed by atoms with van der Waals surface area (Å²) in [5.74, 6) is -27.4. The summed E-state index contributed by atoms with van der Waals surface area (Å²) < 4.78 is 179. The van der Waals surface area contributed by atoms with Crippen LogP contribution in [0, 0.1) is 0 Å². The first-order valence-electron chi connectivity index (χ1n) is 7.63. The number of hydrogen-bond donors (Lipinski definition) is 0. The Kier molecular flexibility index (Phi) is 7.69. The molecule has 33 heavy (non-hydrogen) atoms. The molecule has 0 amide bonds. The monoisotopic (exact) mass is 532 g/mol. The lowest BCUT2D eigenvalue weighted by Gasteiger charge is -2.27. The minimum Gasteiger partial charge on any atom is -0.455 e. The minimum atomic E-state index is -6.79. The number of hydrogen-bond acceptors (Lipinski definition) is 4. The van der Waals surface area contributed by atoms with Crippen molar-refractivity contribution >= 4 is 22.8 Å². The molecule has 0 saturated carbocycles. The summed E-state index contributed by atoms with van der Waals surface area (Å²) in [6.45, 7) is -2.74. The Labute approximate surface area is 177 Å². The number of esters is 1. The van der Waals surface area contributed by atoms with Crippen molar-refractivity contribution in [1.82, 2.24) is 0 Å². The van der Waals surface area contributed by atoms with Crippen LogP contribution in [0.3, 0.4) is 0 Å². The lowest BCUT2D eigenvalue weighted by atomic mass is 10.1. The second-order valence-electron chi connectivity index (χ2n) is 5.91. The molecule has 1 rings (SSSR count). The Balaban J connectivity index is 2.90. The molecular weight excluding hydrogens is 526 g/mol. The highest BCUT2D eigenvalue weighted by Crippen LogP contribution is 2.49. The van der Waals surface area contributed by atoms with Crippen LogP contribution in [0.25, 0.3) is 0 Å². The molecule has 18 heteroatoms. The fourth-order valence-corrected chi connectivity index (χ4v) is 2.42. The number of halogens is 14. The topological polar surface area (TPSA) is 43.4 Å². The zero-order chi connectivity index (χ0) is 26.3. The van der Waals surface area contributed by atoms with Crippen molar-refractivity contribution in [1.29, 1.82) is 0 Å². The molecule has 188 valence electrons. The van der Waals surface area contributed by atoms with Gasteiger partial charge in [-0.1, -0.05) is 0 Å². The van der Waals surface area contributed by atoms with Crippen LogP contribution < -0.4 is 0 Å². The smallest absolute Gasteiger partial charge is 0.455 e. The summed E-state index contributed by atoms with van der Waals surface area (Å²) >= 11 is -0.828. The molecule has 3 nitrogen and oxygen atoms in total. The highest BCUT2D eigenvalue weighted by Gasteiger charge is 2.76. The van der Waals surface area contributed by atoms with Gasteiger partial charge in [-0.15, -0.1) is 0 Å². The fraction of sp³-hybridized carbons (Fsp3) is 0.467. The molecule has 0 heterocycles. The van der Waals surface area contributed by atoms with Crippen LogP contribution in [0.5, 0.6) is 0 Å². The zero-order valence-electron chi connectivity index (χ0n) is 14.9. The van der Waals surface area contributed by atoms with Gasteiger partial charge < -0.3 is 4.74 Å². The van der Waals surface area contributed by atoms with E-state index in [0.29, 0.717) is 24.3 Å². The maximum Gasteiger partial charge on any atom is 0.460 e. The Bertz CT molecular complexity index is 873. The lowest BCUT2D eigenvalue weighted by molar-refractivity contribution is -0.359. The predicted molar refractivity (Wildman–Crippen MR) is 79.5 cm³/mol. The number of rotatable bonds is 7. The van der Waals surface area contributed by atoms with Gasteiger partial charge in [-0.2, -0.15) is 61.5 Å². The van der Waals surface area contributed by atoms with Gasteiger partial charge in [0.05, 0.1) is 5.56 Å². The Morgan fingerprint density at radius 1 is 0.697 bits per heavy atom. The van der Waals surface area contributed by atoms with E-state index in [9.17, 15) is 71.1 Å². The van der Waals surface area contributed by atoms with Crippen molar-refractivity contribution in [3.63, 3.8) is 0 Å². The summed E-state index contributed by atoms with van der Waals surface area (Å²) in [6.07, 6.45) is -13.5. The van der Waals surface area contributed by atoms with Crippen LogP contribution in [0.2, 0.25) is 0 Å². The van der Waals surface area contributed by atoms with Gasteiger partial charge in [0, 0.05) is 4.90 Å². The molecule has 0 aliphatic rings. The van der Waals surface area contributed by atoms with Crippen molar-refractivity contribution in [2.24, 2.45) is 0 Å². The fourth-order valence-electron chi connectivity index (χ4n) is 1.67. The van der Waals surface area contributed by atoms with E-state index in [2.05, 4.69) is 4.74 Å². The lowest BCUT2D eigenvalue weighted by Crippen LogP contribution is -2.55. The summed E-state index contributed by atoms with van der Waals surface area (Å²) in [7, 11) is 0. The van der Waals surface area contributed by atoms with E-state index in [1.165, 1.54) is 0 Å². The van der Waals surface area contributed by atoms with Crippen molar-refractivity contribution < 1.29 is 75.8 Å². The molecule has 1 aromatic carbocycles. The third kappa shape index (κ3) is 5.63. The maximum absolute atomic E-state index is 13.2. The van der Waals surface area contributed by atoms with Gasteiger partial charge in [0.2, 0.25) is 0 Å². The average Bonchev–Trinajstić information content (AvgIpc) is 2.64. The molecule has 0 aromatic heterocycles. The molecule has 0 unspecified atom stereocenters. The largest absolute Gasteiger partial charge is 0.460 e. The molecule has 0 bridgehead atoms. The summed E-state index contributed by atoms with van der Waals surface area (Å²) in [5.41, 5.74) is -0.870. The first-order valence-corrected chi connectivity index (χ1v) is 8.45. The molecule has 0 fully saturated rings. The maximum atomic E-state index is 13.2. The van der Waals surface area contributed by atoms with Crippen LogP contribution in [-0.2, 0) is 9.53 Å². The van der Waals surface area contributed by atoms with E-state index in [4.69, 9.17) is 0 Å². The summed E-state index contributed by atoms with van der Waals surface area (Å²) in [4.78, 5) is 22.0. The van der Waals surface area contributed by atoms with Crippen molar-refractivity contribution in [2.45, 2.75) is 40.9 Å². The Hall–Kier alpha value is -2.27. The molecule has 0 atom stereocenters. The van der Waals surface area contributed by atoms with Crippen LogP contribution in [0.15, 0.2) is 29.2 Å². The number of carbonyl (C=O) groups is 2. The number of benzene rings is 1. The third-order valence-electron chi connectivity index (χ3n) is 3.51. The van der Waals surface area contributed by atoms with Gasteiger partial charge >= 0.3 is 42.0 Å². The summed E-state index contributed by atoms with van der Waals surface area (Å²) in [6, 6.07) is 1.81. The molecule has 0 aliphatic carbocycles. The SMILES string of the molecule is O=C(OCC(F)(F)C(F)(F)C(F)(F)F)c1ccc(SC(=O)C(F)(F)C(F)(F)C(F)(F)F)cc1. The van der Waals surface area contributed by atoms with Gasteiger partial charge in [0.25, 0.3) is 5.12 Å². The molecule has 1 aromatic rings. The van der Waals surface area contributed by atoms with E-state index >= 15 is 0 Å². The first kappa shape index (κ1) is 28.8. The van der Waals surface area contributed by atoms with Crippen molar-refractivity contribution in [3.05, 3.63) is 29.8 Å². The van der Waals surface area contributed by atoms with Gasteiger partial charge in [-0.3, -0.25) is 4.79 Å². The van der Waals surface area contributed by atoms with Crippen LogP contribution in [0.4, 0.5) is 61.5 Å². The van der Waals surface area contributed by atoms with E-state index in [-0.39, 0.29) is 0 Å². The van der Waals surface area contributed by atoms with Crippen LogP contribution in [0.1, 0.15) is 10.4 Å². The molecule has 0 radical (unpaired) electrons. The zero-order valence-corrected chi connectivity index (χ0v) is 15.8. The number of carbonyl (C=O) groups excluding carboxylic acids is 2. The van der Waals surface area contributed by atoms with E-state index in [1.807, 2.05) is 0 Å². The molecular formula is C15H6F14O3S. The second-order valence-corrected chi connectivity index (χ2v) is 6.96. The molecule has 0 N–H and O–H groups in total. The van der Waals surface area contributed by atoms with Gasteiger partial charge in [-0.25, -0.2) is 4.79 Å². The average molecular weight is 532 g/mol. The molecule has 0 aliphatic heterocycles. The second kappa shape index (κ2) is 8.83. The first-order chi connectivity index (χ1) is 14.5. The number of thioether (sulfide) groups is 1. The highest BCUT2D eigenvalue weighted by atomic mass is 32.2. The van der Waals surface area contributed by atoms with E-state index in [0.717, 1.165) is 0 Å². The van der Waals surface area contributed by atoms with Crippen LogP contribution >= 0.6 is 11.8 Å². The third-order valence-corrected chi connectivity index (χ3v) is 4.46. The number of ether oxygens (including phenoxy) is 1. The normalized spacial score (nSPS) is 14.2. The molecule has 0 saturated heterocycles. The Morgan fingerprint density at radius 3 is 1.52 bits per heavy atom. The standard InChI is InChI=1S/C15H6F14O3S/c16-10(17,12(20,21)14(24,25)26)5-32-8(30)6-1-3-7(4-2-6)33-9(31)11(18,19)13(22,23)15(27,28)29/h1-4H,5H2. The molecule has 0 spiro atoms. The minimum absolute atomic E-state index is 0.442. The Morgan fingerprint density at radius 2 is 1.12 bits per heavy atom. The van der Waals surface area contributed by atoms with E-state index < -0.39 is 76.0 Å². The van der Waals surface area contributed by atoms with Gasteiger partial charge in [-0.05, 0) is 36.0 Å². The van der Waals surface area contributed by atoms with E-state index in [1.54, 1.807) is 0 Å². The van der Waals surface area contributed by atoms with Gasteiger partial charge in [0.15, 0.2) is 6.61 Å². The van der Waals surface area contributed by atoms with Crippen molar-refractivity contribution in [3.8, 4) is 0 Å². The predicted octanol–water partition coefficient (Wildman–Crippen LogP) is 6.13. The van der Waals surface area contributed by atoms with Gasteiger partial charge in [0.1, 0.15) is 0 Å². The van der Waals surface area contributed by atoms with Crippen LogP contribution in [-0.4, -0.2) is 53.7 Å².